The van der Waals surface area contributed by atoms with Gasteiger partial charge in [0.15, 0.2) is 0 Å². The summed E-state index contributed by atoms with van der Waals surface area (Å²) in [5, 5.41) is 12.2. The zero-order valence-corrected chi connectivity index (χ0v) is 11.3. The zero-order valence-electron chi connectivity index (χ0n) is 10.5. The van der Waals surface area contributed by atoms with Crippen LogP contribution in [0.4, 0.5) is 0 Å². The fraction of sp³-hybridized carbons (Fsp3) is 0. The van der Waals surface area contributed by atoms with Gasteiger partial charge in [0.2, 0.25) is 0 Å². The summed E-state index contributed by atoms with van der Waals surface area (Å²) in [5.74, 6) is -0.923. The number of aliphatic carboxylic acids is 1. The molecular formula is C16H11NO2S. The average molecular weight is 281 g/mol. The van der Waals surface area contributed by atoms with Crippen molar-refractivity contribution in [1.82, 2.24) is 4.98 Å². The molecule has 0 radical (unpaired) electrons. The van der Waals surface area contributed by atoms with Crippen molar-refractivity contribution >= 4 is 39.9 Å². The van der Waals surface area contributed by atoms with Crippen LogP contribution in [0.3, 0.4) is 0 Å². The molecule has 0 unspecified atom stereocenters. The Balaban J connectivity index is 2.19. The van der Waals surface area contributed by atoms with Gasteiger partial charge in [-0.3, -0.25) is 4.98 Å². The number of aromatic nitrogens is 1. The Labute approximate surface area is 119 Å². The summed E-state index contributed by atoms with van der Waals surface area (Å²) in [6, 6.07) is 13.2. The number of nitrogens with zero attached hydrogens (tertiary/aromatic N) is 1. The molecule has 3 nitrogen and oxygen atoms in total. The van der Waals surface area contributed by atoms with E-state index >= 15 is 0 Å². The fourth-order valence-corrected chi connectivity index (χ4v) is 2.80. The Kier molecular flexibility index (Phi) is 3.31. The molecule has 20 heavy (non-hydrogen) atoms. The first-order valence-electron chi connectivity index (χ1n) is 6.08. The molecule has 0 spiro atoms. The van der Waals surface area contributed by atoms with Crippen molar-refractivity contribution in [2.24, 2.45) is 0 Å². The molecular weight excluding hydrogens is 270 g/mol. The summed E-state index contributed by atoms with van der Waals surface area (Å²) in [4.78, 5) is 16.5. The van der Waals surface area contributed by atoms with Crippen molar-refractivity contribution in [2.75, 3.05) is 0 Å². The second kappa shape index (κ2) is 5.27. The summed E-state index contributed by atoms with van der Waals surface area (Å²) in [6.07, 6.45) is 3.40. The topological polar surface area (TPSA) is 50.2 Å². The molecule has 2 aromatic heterocycles. The van der Waals surface area contributed by atoms with Crippen molar-refractivity contribution in [1.29, 1.82) is 0 Å². The van der Waals surface area contributed by atoms with Crippen LogP contribution in [0.1, 0.15) is 10.4 Å². The molecule has 2 heterocycles. The third kappa shape index (κ3) is 2.33. The first-order chi connectivity index (χ1) is 9.75. The standard InChI is InChI=1S/C16H11NO2S/c18-16(19)13(15-6-3-9-20-15)10-11-7-8-17-14-5-2-1-4-12(11)14/h1-10H,(H,18,19). The van der Waals surface area contributed by atoms with E-state index in [4.69, 9.17) is 0 Å². The molecule has 0 fully saturated rings. The average Bonchev–Trinajstić information content (AvgIpc) is 2.98. The number of para-hydroxylation sites is 1. The van der Waals surface area contributed by atoms with E-state index < -0.39 is 5.97 Å². The van der Waals surface area contributed by atoms with Gasteiger partial charge in [-0.15, -0.1) is 11.3 Å². The predicted molar refractivity (Wildman–Crippen MR) is 81.6 cm³/mol. The summed E-state index contributed by atoms with van der Waals surface area (Å²) in [6.45, 7) is 0. The zero-order chi connectivity index (χ0) is 13.9. The number of hydrogen-bond donors (Lipinski definition) is 1. The van der Waals surface area contributed by atoms with Crippen LogP contribution in [0.2, 0.25) is 0 Å². The number of carboxylic acid groups (broad SMARTS) is 1. The minimum Gasteiger partial charge on any atom is -0.478 e. The van der Waals surface area contributed by atoms with Gasteiger partial charge in [-0.25, -0.2) is 4.79 Å². The highest BCUT2D eigenvalue weighted by Crippen LogP contribution is 2.26. The lowest BCUT2D eigenvalue weighted by Gasteiger charge is -2.03. The van der Waals surface area contributed by atoms with E-state index in [1.807, 2.05) is 47.8 Å². The highest BCUT2D eigenvalue weighted by Gasteiger charge is 2.12. The summed E-state index contributed by atoms with van der Waals surface area (Å²) < 4.78 is 0. The van der Waals surface area contributed by atoms with Gasteiger partial charge in [0.1, 0.15) is 0 Å². The largest absolute Gasteiger partial charge is 0.478 e. The molecule has 1 aromatic carbocycles. The molecule has 0 atom stereocenters. The minimum atomic E-state index is -0.923. The molecule has 0 aliphatic rings. The maximum absolute atomic E-state index is 11.5. The van der Waals surface area contributed by atoms with Gasteiger partial charge in [-0.2, -0.15) is 0 Å². The van der Waals surface area contributed by atoms with Gasteiger partial charge >= 0.3 is 5.97 Å². The van der Waals surface area contributed by atoms with Gasteiger partial charge in [-0.05, 0) is 35.2 Å². The Morgan fingerprint density at radius 2 is 2.00 bits per heavy atom. The van der Waals surface area contributed by atoms with Crippen LogP contribution in [0, 0.1) is 0 Å². The second-order valence-electron chi connectivity index (χ2n) is 4.26. The predicted octanol–water partition coefficient (Wildman–Crippen LogP) is 3.92. The fourth-order valence-electron chi connectivity index (χ4n) is 2.07. The van der Waals surface area contributed by atoms with Crippen LogP contribution >= 0.6 is 11.3 Å². The van der Waals surface area contributed by atoms with Crippen LogP contribution in [0.5, 0.6) is 0 Å². The molecule has 0 saturated heterocycles. The molecule has 3 aromatic rings. The second-order valence-corrected chi connectivity index (χ2v) is 5.21. The quantitative estimate of drug-likeness (QED) is 0.740. The molecule has 0 saturated carbocycles. The maximum atomic E-state index is 11.5. The molecule has 0 aliphatic carbocycles. The SMILES string of the molecule is O=C(O)C(=Cc1ccnc2ccccc12)c1cccs1. The smallest absolute Gasteiger partial charge is 0.337 e. The molecule has 4 heteroatoms. The molecule has 0 aliphatic heterocycles. The van der Waals surface area contributed by atoms with E-state index in [0.29, 0.717) is 5.57 Å². The Morgan fingerprint density at radius 1 is 1.15 bits per heavy atom. The number of carboxylic acids is 1. The molecule has 0 amide bonds. The van der Waals surface area contributed by atoms with Crippen LogP contribution in [0.15, 0.2) is 54.0 Å². The number of carbonyl (C=O) groups is 1. The Morgan fingerprint density at radius 3 is 2.75 bits per heavy atom. The van der Waals surface area contributed by atoms with Crippen molar-refractivity contribution < 1.29 is 9.90 Å². The Hall–Kier alpha value is -2.46. The van der Waals surface area contributed by atoms with Crippen molar-refractivity contribution in [3.05, 3.63) is 64.5 Å². The monoisotopic (exact) mass is 281 g/mol. The lowest BCUT2D eigenvalue weighted by molar-refractivity contribution is -0.130. The molecule has 98 valence electrons. The van der Waals surface area contributed by atoms with Gasteiger partial charge in [0.25, 0.3) is 0 Å². The number of pyridine rings is 1. The summed E-state index contributed by atoms with van der Waals surface area (Å²) in [5.41, 5.74) is 2.02. The van der Waals surface area contributed by atoms with E-state index in [2.05, 4.69) is 4.98 Å². The normalized spacial score (nSPS) is 11.7. The van der Waals surface area contributed by atoms with Crippen molar-refractivity contribution in [3.63, 3.8) is 0 Å². The number of thiophene rings is 1. The lowest BCUT2D eigenvalue weighted by atomic mass is 10.1. The number of fused-ring (bicyclic) bond motifs is 1. The lowest BCUT2D eigenvalue weighted by Crippen LogP contribution is -1.97. The molecule has 1 N–H and O–H groups in total. The van der Waals surface area contributed by atoms with E-state index in [0.717, 1.165) is 21.3 Å². The highest BCUT2D eigenvalue weighted by molar-refractivity contribution is 7.11. The third-order valence-electron chi connectivity index (χ3n) is 3.00. The third-order valence-corrected chi connectivity index (χ3v) is 3.90. The Bertz CT molecular complexity index is 786. The van der Waals surface area contributed by atoms with Gasteiger partial charge in [-0.1, -0.05) is 24.3 Å². The summed E-state index contributed by atoms with van der Waals surface area (Å²) >= 11 is 1.42. The van der Waals surface area contributed by atoms with Crippen LogP contribution < -0.4 is 0 Å². The first-order valence-corrected chi connectivity index (χ1v) is 6.96. The number of benzene rings is 1. The highest BCUT2D eigenvalue weighted by atomic mass is 32.1. The van der Waals surface area contributed by atoms with Crippen LogP contribution in [0.25, 0.3) is 22.6 Å². The van der Waals surface area contributed by atoms with Crippen molar-refractivity contribution in [3.8, 4) is 0 Å². The summed E-state index contributed by atoms with van der Waals surface area (Å²) in [7, 11) is 0. The minimum absolute atomic E-state index is 0.302. The number of rotatable bonds is 3. The van der Waals surface area contributed by atoms with Crippen molar-refractivity contribution in [2.45, 2.75) is 0 Å². The number of hydrogen-bond acceptors (Lipinski definition) is 3. The van der Waals surface area contributed by atoms with Gasteiger partial charge < -0.3 is 5.11 Å². The maximum Gasteiger partial charge on any atom is 0.337 e. The van der Waals surface area contributed by atoms with Gasteiger partial charge in [0.05, 0.1) is 11.1 Å². The first kappa shape index (κ1) is 12.6. The molecule has 0 bridgehead atoms. The van der Waals surface area contributed by atoms with E-state index in [1.165, 1.54) is 11.3 Å². The van der Waals surface area contributed by atoms with Crippen LogP contribution in [-0.2, 0) is 4.79 Å². The van der Waals surface area contributed by atoms with Gasteiger partial charge in [0, 0.05) is 16.5 Å². The van der Waals surface area contributed by atoms with E-state index in [9.17, 15) is 9.90 Å². The van der Waals surface area contributed by atoms with E-state index in [-0.39, 0.29) is 0 Å². The van der Waals surface area contributed by atoms with E-state index in [1.54, 1.807) is 12.3 Å². The molecule has 3 rings (SSSR count). The van der Waals surface area contributed by atoms with Crippen LogP contribution in [-0.4, -0.2) is 16.1 Å².